The number of hydrogen-bond donors (Lipinski definition) is 1. The second-order valence-corrected chi connectivity index (χ2v) is 11.7. The van der Waals surface area contributed by atoms with Crippen LogP contribution in [-0.2, 0) is 37.4 Å². The van der Waals surface area contributed by atoms with Crippen LogP contribution < -0.4 is 10.1 Å². The van der Waals surface area contributed by atoms with E-state index in [1.807, 2.05) is 30.3 Å². The van der Waals surface area contributed by atoms with E-state index in [1.54, 1.807) is 31.2 Å². The summed E-state index contributed by atoms with van der Waals surface area (Å²) in [4.78, 5) is 27.9. The van der Waals surface area contributed by atoms with Crippen molar-refractivity contribution < 1.29 is 27.5 Å². The molecule has 3 aromatic carbocycles. The molecule has 1 N–H and O–H groups in total. The standard InChI is InChI=1S/C29H32ClN3O6S/c1-22(29(35)31-19-23-5-3-2-4-6-23)33(20-24-7-9-25(30)10-8-24)28(34)21-39-26-11-13-27(14-12-26)40(36,37)32-15-17-38-18-16-32/h2-14,22H,15-21H2,1H3,(H,31,35). The van der Waals surface area contributed by atoms with Crippen LogP contribution >= 0.6 is 11.6 Å². The van der Waals surface area contributed by atoms with E-state index in [2.05, 4.69) is 5.32 Å². The van der Waals surface area contributed by atoms with E-state index in [-0.39, 0.29) is 24.0 Å². The van der Waals surface area contributed by atoms with E-state index in [9.17, 15) is 18.0 Å². The highest BCUT2D eigenvalue weighted by Crippen LogP contribution is 2.21. The fourth-order valence-electron chi connectivity index (χ4n) is 4.17. The SMILES string of the molecule is CC(C(=O)NCc1ccccc1)N(Cc1ccc(Cl)cc1)C(=O)COc1ccc(S(=O)(=O)N2CCOCC2)cc1. The third kappa shape index (κ3) is 7.82. The van der Waals surface area contributed by atoms with Gasteiger partial charge >= 0.3 is 0 Å². The summed E-state index contributed by atoms with van der Waals surface area (Å²) in [6, 6.07) is 21.7. The molecule has 0 radical (unpaired) electrons. The van der Waals surface area contributed by atoms with Crippen molar-refractivity contribution in [1.29, 1.82) is 0 Å². The fraction of sp³-hybridized carbons (Fsp3) is 0.310. The Balaban J connectivity index is 1.41. The Bertz CT molecular complexity index is 1380. The van der Waals surface area contributed by atoms with Crippen LogP contribution in [0.4, 0.5) is 0 Å². The van der Waals surface area contributed by atoms with Crippen molar-refractivity contribution >= 4 is 33.4 Å². The molecule has 11 heteroatoms. The predicted molar refractivity (Wildman–Crippen MR) is 151 cm³/mol. The van der Waals surface area contributed by atoms with E-state index < -0.39 is 22.0 Å². The lowest BCUT2D eigenvalue weighted by molar-refractivity contribution is -0.142. The van der Waals surface area contributed by atoms with Crippen LogP contribution in [-0.4, -0.2) is 68.4 Å². The predicted octanol–water partition coefficient (Wildman–Crippen LogP) is 3.47. The third-order valence-electron chi connectivity index (χ3n) is 6.54. The minimum Gasteiger partial charge on any atom is -0.484 e. The molecule has 0 saturated carbocycles. The lowest BCUT2D eigenvalue weighted by Gasteiger charge is -2.29. The van der Waals surface area contributed by atoms with E-state index in [0.29, 0.717) is 43.6 Å². The van der Waals surface area contributed by atoms with Gasteiger partial charge in [-0.15, -0.1) is 0 Å². The van der Waals surface area contributed by atoms with Crippen LogP contribution in [0.1, 0.15) is 18.1 Å². The first-order chi connectivity index (χ1) is 19.2. The molecule has 212 valence electrons. The van der Waals surface area contributed by atoms with Gasteiger partial charge in [0.25, 0.3) is 5.91 Å². The molecule has 1 unspecified atom stereocenters. The number of ether oxygens (including phenoxy) is 2. The molecule has 1 atom stereocenters. The molecule has 0 bridgehead atoms. The Labute approximate surface area is 239 Å². The molecular weight excluding hydrogens is 554 g/mol. The Morgan fingerprint density at radius 3 is 2.27 bits per heavy atom. The van der Waals surface area contributed by atoms with Crippen molar-refractivity contribution in [3.05, 3.63) is 95.0 Å². The molecule has 3 aromatic rings. The number of carbonyl (C=O) groups is 2. The van der Waals surface area contributed by atoms with Crippen molar-refractivity contribution in [3.63, 3.8) is 0 Å². The largest absolute Gasteiger partial charge is 0.484 e. The van der Waals surface area contributed by atoms with Crippen molar-refractivity contribution in [1.82, 2.24) is 14.5 Å². The van der Waals surface area contributed by atoms with Gasteiger partial charge in [0.05, 0.1) is 18.1 Å². The summed E-state index contributed by atoms with van der Waals surface area (Å²) in [6.45, 7) is 3.17. The minimum atomic E-state index is -3.64. The van der Waals surface area contributed by atoms with E-state index >= 15 is 0 Å². The fourth-order valence-corrected chi connectivity index (χ4v) is 5.71. The quantitative estimate of drug-likeness (QED) is 0.369. The molecular formula is C29H32ClN3O6S. The summed E-state index contributed by atoms with van der Waals surface area (Å²) < 4.78 is 38.0. The number of carbonyl (C=O) groups excluding carboxylic acids is 2. The van der Waals surface area contributed by atoms with Gasteiger partial charge < -0.3 is 19.7 Å². The van der Waals surface area contributed by atoms with Gasteiger partial charge in [0, 0.05) is 31.2 Å². The number of amides is 2. The van der Waals surface area contributed by atoms with Crippen LogP contribution in [0, 0.1) is 0 Å². The van der Waals surface area contributed by atoms with E-state index in [0.717, 1.165) is 11.1 Å². The van der Waals surface area contributed by atoms with Gasteiger partial charge in [-0.2, -0.15) is 4.31 Å². The van der Waals surface area contributed by atoms with Crippen LogP contribution in [0.15, 0.2) is 83.8 Å². The minimum absolute atomic E-state index is 0.140. The summed E-state index contributed by atoms with van der Waals surface area (Å²) in [6.07, 6.45) is 0. The first kappa shape index (κ1) is 29.5. The summed E-state index contributed by atoms with van der Waals surface area (Å²) in [5, 5.41) is 3.45. The maximum Gasteiger partial charge on any atom is 0.261 e. The average molecular weight is 586 g/mol. The summed E-state index contributed by atoms with van der Waals surface area (Å²) in [5.74, 6) is -0.368. The van der Waals surface area contributed by atoms with Gasteiger partial charge in [-0.05, 0) is 54.4 Å². The molecule has 1 fully saturated rings. The van der Waals surface area contributed by atoms with Gasteiger partial charge in [-0.25, -0.2) is 8.42 Å². The van der Waals surface area contributed by atoms with Gasteiger partial charge in [-0.1, -0.05) is 54.1 Å². The van der Waals surface area contributed by atoms with Crippen LogP contribution in [0.5, 0.6) is 5.75 Å². The van der Waals surface area contributed by atoms with E-state index in [4.69, 9.17) is 21.1 Å². The number of rotatable bonds is 11. The lowest BCUT2D eigenvalue weighted by atomic mass is 10.1. The molecule has 0 spiro atoms. The number of nitrogens with one attached hydrogen (secondary N) is 1. The number of halogens is 1. The highest BCUT2D eigenvalue weighted by atomic mass is 35.5. The second kappa shape index (κ2) is 13.8. The average Bonchev–Trinajstić information content (AvgIpc) is 2.99. The van der Waals surface area contributed by atoms with E-state index in [1.165, 1.54) is 33.5 Å². The molecule has 2 amide bonds. The van der Waals surface area contributed by atoms with Crippen molar-refractivity contribution in [3.8, 4) is 5.75 Å². The number of sulfonamides is 1. The van der Waals surface area contributed by atoms with Gasteiger partial charge in [0.2, 0.25) is 15.9 Å². The summed E-state index contributed by atoms with van der Waals surface area (Å²) in [5.41, 5.74) is 1.75. The summed E-state index contributed by atoms with van der Waals surface area (Å²) in [7, 11) is -3.64. The zero-order valence-corrected chi connectivity index (χ0v) is 23.7. The third-order valence-corrected chi connectivity index (χ3v) is 8.70. The molecule has 1 heterocycles. The molecule has 1 aliphatic rings. The monoisotopic (exact) mass is 585 g/mol. The molecule has 9 nitrogen and oxygen atoms in total. The van der Waals surface area contributed by atoms with Crippen molar-refractivity contribution in [2.45, 2.75) is 31.0 Å². The first-order valence-corrected chi connectivity index (χ1v) is 14.7. The summed E-state index contributed by atoms with van der Waals surface area (Å²) >= 11 is 6.01. The zero-order valence-electron chi connectivity index (χ0n) is 22.2. The van der Waals surface area contributed by atoms with Crippen molar-refractivity contribution in [2.24, 2.45) is 0 Å². The lowest BCUT2D eigenvalue weighted by Crippen LogP contribution is -2.48. The maximum absolute atomic E-state index is 13.3. The highest BCUT2D eigenvalue weighted by Gasteiger charge is 2.28. The molecule has 4 rings (SSSR count). The molecule has 0 aromatic heterocycles. The molecule has 0 aliphatic carbocycles. The highest BCUT2D eigenvalue weighted by molar-refractivity contribution is 7.89. The Kier molecular flexibility index (Phi) is 10.2. The topological polar surface area (TPSA) is 105 Å². The number of hydrogen-bond acceptors (Lipinski definition) is 6. The number of morpholine rings is 1. The molecule has 1 saturated heterocycles. The Hall–Kier alpha value is -3.44. The number of benzene rings is 3. The second-order valence-electron chi connectivity index (χ2n) is 9.30. The van der Waals surface area contributed by atoms with Gasteiger partial charge in [-0.3, -0.25) is 9.59 Å². The maximum atomic E-state index is 13.3. The van der Waals surface area contributed by atoms with Crippen LogP contribution in [0.3, 0.4) is 0 Å². The first-order valence-electron chi connectivity index (χ1n) is 12.9. The molecule has 40 heavy (non-hydrogen) atoms. The van der Waals surface area contributed by atoms with Crippen molar-refractivity contribution in [2.75, 3.05) is 32.9 Å². The normalized spacial score (nSPS) is 14.8. The van der Waals surface area contributed by atoms with Gasteiger partial charge in [0.1, 0.15) is 11.8 Å². The smallest absolute Gasteiger partial charge is 0.261 e. The van der Waals surface area contributed by atoms with Gasteiger partial charge in [0.15, 0.2) is 6.61 Å². The Morgan fingerprint density at radius 1 is 0.975 bits per heavy atom. The van der Waals surface area contributed by atoms with Crippen LogP contribution in [0.25, 0.3) is 0 Å². The number of nitrogens with zero attached hydrogens (tertiary/aromatic N) is 2. The van der Waals surface area contributed by atoms with Crippen LogP contribution in [0.2, 0.25) is 5.02 Å². The zero-order chi connectivity index (χ0) is 28.5. The molecule has 1 aliphatic heterocycles. The Morgan fingerprint density at radius 2 is 1.62 bits per heavy atom.